The Labute approximate surface area is 146 Å². The highest BCUT2D eigenvalue weighted by Crippen LogP contribution is 2.20. The molecule has 0 amide bonds. The summed E-state index contributed by atoms with van der Waals surface area (Å²) in [6.07, 6.45) is 1.62. The maximum atomic E-state index is 11.9. The Bertz CT molecular complexity index is 974. The molecule has 0 aliphatic heterocycles. The monoisotopic (exact) mass is 335 g/mol. The van der Waals surface area contributed by atoms with Crippen molar-refractivity contribution in [3.63, 3.8) is 0 Å². The van der Waals surface area contributed by atoms with Crippen LogP contribution in [0.25, 0.3) is 10.8 Å². The summed E-state index contributed by atoms with van der Waals surface area (Å²) in [6, 6.07) is 15.4. The SMILES string of the molecule is CN(C)Cc1cccc(CN=Cc2c(O)[nH]c(=O)c3ccccc23)c1. The van der Waals surface area contributed by atoms with Gasteiger partial charge in [-0.3, -0.25) is 14.8 Å². The van der Waals surface area contributed by atoms with Crippen LogP contribution in [0, 0.1) is 0 Å². The molecule has 2 N–H and O–H groups in total. The standard InChI is InChI=1S/C20H21N3O2/c1-23(2)13-15-7-5-6-14(10-15)11-21-12-18-16-8-3-4-9-17(16)19(24)22-20(18)25/h3-10,12H,11,13H2,1-2H3,(H2,22,24,25). The number of H-pyrrole nitrogens is 1. The second-order valence-corrected chi connectivity index (χ2v) is 6.29. The number of nitrogens with zero attached hydrogens (tertiary/aromatic N) is 2. The number of aliphatic imine (C=N–C) groups is 1. The zero-order chi connectivity index (χ0) is 17.8. The minimum atomic E-state index is -0.304. The summed E-state index contributed by atoms with van der Waals surface area (Å²) in [5, 5.41) is 11.3. The lowest BCUT2D eigenvalue weighted by Gasteiger charge is -2.10. The van der Waals surface area contributed by atoms with Crippen LogP contribution < -0.4 is 5.56 Å². The average molecular weight is 335 g/mol. The Morgan fingerprint density at radius 2 is 1.80 bits per heavy atom. The summed E-state index contributed by atoms with van der Waals surface area (Å²) in [5.41, 5.74) is 2.56. The zero-order valence-corrected chi connectivity index (χ0v) is 14.4. The highest BCUT2D eigenvalue weighted by atomic mass is 16.3. The molecule has 128 valence electrons. The molecule has 0 unspecified atom stereocenters. The predicted octanol–water partition coefficient (Wildman–Crippen LogP) is 2.91. The van der Waals surface area contributed by atoms with Crippen LogP contribution in [0.5, 0.6) is 5.88 Å². The lowest BCUT2D eigenvalue weighted by Crippen LogP contribution is -2.10. The lowest BCUT2D eigenvalue weighted by molar-refractivity contribution is 0.402. The quantitative estimate of drug-likeness (QED) is 0.705. The number of aromatic amines is 1. The van der Waals surface area contributed by atoms with E-state index in [0.717, 1.165) is 12.1 Å². The topological polar surface area (TPSA) is 68.7 Å². The molecule has 0 aliphatic carbocycles. The number of pyridine rings is 1. The van der Waals surface area contributed by atoms with E-state index in [1.165, 1.54) is 5.56 Å². The molecule has 5 heteroatoms. The van der Waals surface area contributed by atoms with Crippen molar-refractivity contribution in [2.24, 2.45) is 4.99 Å². The van der Waals surface area contributed by atoms with Crippen LogP contribution in [0.2, 0.25) is 0 Å². The van der Waals surface area contributed by atoms with E-state index in [-0.39, 0.29) is 11.4 Å². The number of benzene rings is 2. The average Bonchev–Trinajstić information content (AvgIpc) is 2.57. The van der Waals surface area contributed by atoms with Crippen molar-refractivity contribution >= 4 is 17.0 Å². The normalized spacial score (nSPS) is 11.6. The van der Waals surface area contributed by atoms with E-state index >= 15 is 0 Å². The second-order valence-electron chi connectivity index (χ2n) is 6.29. The van der Waals surface area contributed by atoms with Crippen LogP contribution >= 0.6 is 0 Å². The van der Waals surface area contributed by atoms with Crippen molar-refractivity contribution in [3.8, 4) is 5.88 Å². The van der Waals surface area contributed by atoms with E-state index in [0.29, 0.717) is 22.9 Å². The number of rotatable bonds is 5. The maximum absolute atomic E-state index is 11.9. The molecule has 0 saturated heterocycles. The Hall–Kier alpha value is -2.92. The number of aromatic hydroxyl groups is 1. The predicted molar refractivity (Wildman–Crippen MR) is 101 cm³/mol. The van der Waals surface area contributed by atoms with Gasteiger partial charge < -0.3 is 10.0 Å². The van der Waals surface area contributed by atoms with Crippen LogP contribution in [0.1, 0.15) is 16.7 Å². The van der Waals surface area contributed by atoms with Gasteiger partial charge in [-0.1, -0.05) is 42.5 Å². The zero-order valence-electron chi connectivity index (χ0n) is 14.4. The van der Waals surface area contributed by atoms with Gasteiger partial charge in [-0.15, -0.1) is 0 Å². The summed E-state index contributed by atoms with van der Waals surface area (Å²) in [6.45, 7) is 1.39. The van der Waals surface area contributed by atoms with Crippen molar-refractivity contribution in [2.45, 2.75) is 13.1 Å². The molecular weight excluding hydrogens is 314 g/mol. The van der Waals surface area contributed by atoms with Gasteiger partial charge >= 0.3 is 0 Å². The fourth-order valence-corrected chi connectivity index (χ4v) is 2.85. The smallest absolute Gasteiger partial charge is 0.258 e. The molecule has 1 heterocycles. The van der Waals surface area contributed by atoms with Gasteiger partial charge in [0.25, 0.3) is 5.56 Å². The van der Waals surface area contributed by atoms with E-state index in [1.54, 1.807) is 18.3 Å². The molecule has 3 aromatic rings. The summed E-state index contributed by atoms with van der Waals surface area (Å²) >= 11 is 0. The summed E-state index contributed by atoms with van der Waals surface area (Å²) in [7, 11) is 4.07. The van der Waals surface area contributed by atoms with Crippen molar-refractivity contribution in [3.05, 3.63) is 75.6 Å². The number of nitrogens with one attached hydrogen (secondary N) is 1. The van der Waals surface area contributed by atoms with Gasteiger partial charge in [0.1, 0.15) is 0 Å². The van der Waals surface area contributed by atoms with Crippen molar-refractivity contribution in [1.82, 2.24) is 9.88 Å². The van der Waals surface area contributed by atoms with E-state index < -0.39 is 0 Å². The first-order chi connectivity index (χ1) is 12.0. The molecule has 25 heavy (non-hydrogen) atoms. The molecule has 5 nitrogen and oxygen atoms in total. The lowest BCUT2D eigenvalue weighted by atomic mass is 10.1. The van der Waals surface area contributed by atoms with Crippen molar-refractivity contribution < 1.29 is 5.11 Å². The minimum Gasteiger partial charge on any atom is -0.494 e. The largest absolute Gasteiger partial charge is 0.494 e. The molecule has 0 radical (unpaired) electrons. The highest BCUT2D eigenvalue weighted by molar-refractivity contribution is 6.01. The number of fused-ring (bicyclic) bond motifs is 1. The first-order valence-electron chi connectivity index (χ1n) is 8.11. The van der Waals surface area contributed by atoms with Crippen LogP contribution in [-0.4, -0.2) is 35.3 Å². The molecule has 3 rings (SSSR count). The Kier molecular flexibility index (Phi) is 4.95. The van der Waals surface area contributed by atoms with Crippen LogP contribution in [0.3, 0.4) is 0 Å². The Morgan fingerprint density at radius 3 is 2.56 bits per heavy atom. The van der Waals surface area contributed by atoms with Gasteiger partial charge in [0, 0.05) is 23.5 Å². The summed E-state index contributed by atoms with van der Waals surface area (Å²) in [4.78, 5) is 20.9. The van der Waals surface area contributed by atoms with Gasteiger partial charge in [-0.05, 0) is 31.3 Å². The van der Waals surface area contributed by atoms with E-state index in [2.05, 4.69) is 27.0 Å². The van der Waals surface area contributed by atoms with Gasteiger partial charge in [0.15, 0.2) is 0 Å². The molecule has 1 aromatic heterocycles. The molecule has 0 saturated carbocycles. The number of aromatic nitrogens is 1. The molecule has 0 atom stereocenters. The Morgan fingerprint density at radius 1 is 1.08 bits per heavy atom. The van der Waals surface area contributed by atoms with Gasteiger partial charge in [-0.2, -0.15) is 0 Å². The second kappa shape index (κ2) is 7.32. The van der Waals surface area contributed by atoms with Crippen molar-refractivity contribution in [2.75, 3.05) is 14.1 Å². The van der Waals surface area contributed by atoms with Crippen molar-refractivity contribution in [1.29, 1.82) is 0 Å². The van der Waals surface area contributed by atoms with Gasteiger partial charge in [-0.25, -0.2) is 0 Å². The molecule has 0 spiro atoms. The van der Waals surface area contributed by atoms with Crippen LogP contribution in [0.15, 0.2) is 58.3 Å². The summed E-state index contributed by atoms with van der Waals surface area (Å²) in [5.74, 6) is -0.159. The first-order valence-corrected chi connectivity index (χ1v) is 8.11. The fraction of sp³-hybridized carbons (Fsp3) is 0.200. The fourth-order valence-electron chi connectivity index (χ4n) is 2.85. The number of hydrogen-bond acceptors (Lipinski definition) is 4. The third-order valence-electron chi connectivity index (χ3n) is 3.93. The van der Waals surface area contributed by atoms with Gasteiger partial charge in [0.2, 0.25) is 5.88 Å². The first kappa shape index (κ1) is 16.9. The highest BCUT2D eigenvalue weighted by Gasteiger charge is 2.08. The maximum Gasteiger partial charge on any atom is 0.258 e. The summed E-state index contributed by atoms with van der Waals surface area (Å²) < 4.78 is 0. The molecule has 0 bridgehead atoms. The van der Waals surface area contributed by atoms with Crippen LogP contribution in [-0.2, 0) is 13.1 Å². The molecule has 0 aliphatic rings. The molecular formula is C20H21N3O2. The van der Waals surface area contributed by atoms with Crippen LogP contribution in [0.4, 0.5) is 0 Å². The Balaban J connectivity index is 1.86. The third-order valence-corrected chi connectivity index (χ3v) is 3.93. The van der Waals surface area contributed by atoms with Gasteiger partial charge in [0.05, 0.1) is 12.1 Å². The molecule has 0 fully saturated rings. The van der Waals surface area contributed by atoms with E-state index in [9.17, 15) is 9.90 Å². The number of hydrogen-bond donors (Lipinski definition) is 2. The van der Waals surface area contributed by atoms with E-state index in [4.69, 9.17) is 0 Å². The minimum absolute atomic E-state index is 0.159. The third kappa shape index (κ3) is 3.95. The van der Waals surface area contributed by atoms with E-state index in [1.807, 2.05) is 38.4 Å². The molecule has 2 aromatic carbocycles.